The fraction of sp³-hybridized carbons (Fsp3) is 0.0833. The van der Waals surface area contributed by atoms with E-state index in [-0.39, 0.29) is 16.5 Å². The van der Waals surface area contributed by atoms with E-state index in [1.165, 1.54) is 19.3 Å². The van der Waals surface area contributed by atoms with Crippen molar-refractivity contribution in [3.63, 3.8) is 0 Å². The Morgan fingerprint density at radius 2 is 2.06 bits per heavy atom. The Labute approximate surface area is 109 Å². The SMILES string of the molecule is CNC(=O)c1ccc(NC=C(C#N)C#N)cc1Cl. The van der Waals surface area contributed by atoms with Crippen LogP contribution in [0.4, 0.5) is 5.69 Å². The Hall–Kier alpha value is -2.50. The quantitative estimate of drug-likeness (QED) is 0.814. The number of carbonyl (C=O) groups is 1. The monoisotopic (exact) mass is 260 g/mol. The van der Waals surface area contributed by atoms with Crippen molar-refractivity contribution in [2.75, 3.05) is 12.4 Å². The zero-order chi connectivity index (χ0) is 13.5. The highest BCUT2D eigenvalue weighted by Crippen LogP contribution is 2.21. The number of hydrogen-bond donors (Lipinski definition) is 2. The largest absolute Gasteiger partial charge is 0.360 e. The van der Waals surface area contributed by atoms with Gasteiger partial charge in [0.1, 0.15) is 17.7 Å². The van der Waals surface area contributed by atoms with Gasteiger partial charge in [0.05, 0.1) is 10.6 Å². The topological polar surface area (TPSA) is 88.7 Å². The number of nitrogens with zero attached hydrogens (tertiary/aromatic N) is 2. The normalized spacial score (nSPS) is 8.67. The standard InChI is InChI=1S/C12H9ClN4O/c1-16-12(18)10-3-2-9(4-11(10)13)17-7-8(5-14)6-15/h2-4,7,17H,1H3,(H,16,18). The van der Waals surface area contributed by atoms with Crippen LogP contribution in [0.5, 0.6) is 0 Å². The van der Waals surface area contributed by atoms with Crippen LogP contribution in [0.3, 0.4) is 0 Å². The number of hydrogen-bond acceptors (Lipinski definition) is 4. The minimum Gasteiger partial charge on any atom is -0.360 e. The van der Waals surface area contributed by atoms with Crippen LogP contribution in [0.25, 0.3) is 0 Å². The molecule has 1 aromatic rings. The third kappa shape index (κ3) is 3.24. The number of allylic oxidation sites excluding steroid dienone is 1. The lowest BCUT2D eigenvalue weighted by Gasteiger charge is -2.05. The van der Waals surface area contributed by atoms with Crippen molar-refractivity contribution in [3.8, 4) is 12.1 Å². The van der Waals surface area contributed by atoms with E-state index in [1.54, 1.807) is 24.3 Å². The van der Waals surface area contributed by atoms with Gasteiger partial charge >= 0.3 is 0 Å². The van der Waals surface area contributed by atoms with E-state index < -0.39 is 0 Å². The molecule has 1 aromatic carbocycles. The highest BCUT2D eigenvalue weighted by molar-refractivity contribution is 6.34. The first-order valence-corrected chi connectivity index (χ1v) is 5.28. The number of halogens is 1. The third-order valence-electron chi connectivity index (χ3n) is 2.06. The second kappa shape index (κ2) is 6.29. The molecule has 0 atom stereocenters. The van der Waals surface area contributed by atoms with Crippen LogP contribution in [-0.2, 0) is 0 Å². The number of amides is 1. The molecule has 0 spiro atoms. The molecule has 1 rings (SSSR count). The molecule has 0 saturated carbocycles. The molecule has 90 valence electrons. The van der Waals surface area contributed by atoms with Gasteiger partial charge in [0.25, 0.3) is 5.91 Å². The van der Waals surface area contributed by atoms with Gasteiger partial charge in [-0.1, -0.05) is 11.6 Å². The van der Waals surface area contributed by atoms with Crippen molar-refractivity contribution in [2.24, 2.45) is 0 Å². The van der Waals surface area contributed by atoms with E-state index in [0.29, 0.717) is 11.3 Å². The number of benzene rings is 1. The minimum atomic E-state index is -0.281. The van der Waals surface area contributed by atoms with Crippen LogP contribution in [-0.4, -0.2) is 13.0 Å². The van der Waals surface area contributed by atoms with E-state index in [9.17, 15) is 4.79 Å². The Bertz CT molecular complexity index is 565. The summed E-state index contributed by atoms with van der Waals surface area (Å²) in [5.41, 5.74) is 0.881. The molecular formula is C12H9ClN4O. The summed E-state index contributed by atoms with van der Waals surface area (Å²) in [5.74, 6) is -0.281. The van der Waals surface area contributed by atoms with Gasteiger partial charge in [0.2, 0.25) is 0 Å². The zero-order valence-corrected chi connectivity index (χ0v) is 10.2. The van der Waals surface area contributed by atoms with E-state index in [2.05, 4.69) is 10.6 Å². The lowest BCUT2D eigenvalue weighted by molar-refractivity contribution is 0.0963. The molecule has 0 unspecified atom stereocenters. The Kier molecular flexibility index (Phi) is 4.74. The second-order valence-electron chi connectivity index (χ2n) is 3.20. The van der Waals surface area contributed by atoms with Crippen LogP contribution < -0.4 is 10.6 Å². The molecule has 6 heteroatoms. The van der Waals surface area contributed by atoms with Crippen molar-refractivity contribution in [1.29, 1.82) is 10.5 Å². The smallest absolute Gasteiger partial charge is 0.252 e. The van der Waals surface area contributed by atoms with Crippen LogP contribution in [0, 0.1) is 22.7 Å². The first-order valence-electron chi connectivity index (χ1n) is 4.91. The highest BCUT2D eigenvalue weighted by atomic mass is 35.5. The van der Waals surface area contributed by atoms with Gasteiger partial charge in [-0.05, 0) is 18.2 Å². The van der Waals surface area contributed by atoms with Gasteiger partial charge < -0.3 is 10.6 Å². The molecule has 0 aliphatic heterocycles. The van der Waals surface area contributed by atoms with E-state index in [1.807, 2.05) is 0 Å². The summed E-state index contributed by atoms with van der Waals surface area (Å²) in [7, 11) is 1.51. The summed E-state index contributed by atoms with van der Waals surface area (Å²) in [6.07, 6.45) is 1.27. The fourth-order valence-electron chi connectivity index (χ4n) is 1.17. The lowest BCUT2D eigenvalue weighted by Crippen LogP contribution is -2.18. The van der Waals surface area contributed by atoms with Crippen LogP contribution in [0.15, 0.2) is 30.0 Å². The van der Waals surface area contributed by atoms with Crippen molar-refractivity contribution in [1.82, 2.24) is 5.32 Å². The Morgan fingerprint density at radius 3 is 2.56 bits per heavy atom. The highest BCUT2D eigenvalue weighted by Gasteiger charge is 2.08. The molecule has 0 bridgehead atoms. The van der Waals surface area contributed by atoms with Gasteiger partial charge in [0, 0.05) is 18.9 Å². The maximum Gasteiger partial charge on any atom is 0.252 e. The minimum absolute atomic E-state index is 0.0542. The molecule has 5 nitrogen and oxygen atoms in total. The molecule has 0 aliphatic carbocycles. The fourth-order valence-corrected chi connectivity index (χ4v) is 1.44. The molecule has 0 aliphatic rings. The van der Waals surface area contributed by atoms with Gasteiger partial charge in [-0.15, -0.1) is 0 Å². The number of rotatable bonds is 3. The van der Waals surface area contributed by atoms with Gasteiger partial charge in [-0.3, -0.25) is 4.79 Å². The van der Waals surface area contributed by atoms with Crippen molar-refractivity contribution in [3.05, 3.63) is 40.6 Å². The third-order valence-corrected chi connectivity index (χ3v) is 2.38. The first kappa shape index (κ1) is 13.6. The maximum atomic E-state index is 11.4. The van der Waals surface area contributed by atoms with Crippen LogP contribution in [0.1, 0.15) is 10.4 Å². The maximum absolute atomic E-state index is 11.4. The molecule has 0 saturated heterocycles. The molecule has 0 heterocycles. The second-order valence-corrected chi connectivity index (χ2v) is 3.61. The van der Waals surface area contributed by atoms with Gasteiger partial charge in [-0.2, -0.15) is 10.5 Å². The predicted molar refractivity (Wildman–Crippen MR) is 67.8 cm³/mol. The van der Waals surface area contributed by atoms with E-state index >= 15 is 0 Å². The number of nitriles is 2. The lowest BCUT2D eigenvalue weighted by atomic mass is 10.2. The molecule has 1 amide bonds. The van der Waals surface area contributed by atoms with E-state index in [4.69, 9.17) is 22.1 Å². The molecule has 0 aromatic heterocycles. The van der Waals surface area contributed by atoms with Crippen molar-refractivity contribution in [2.45, 2.75) is 0 Å². The Balaban J connectivity index is 2.93. The summed E-state index contributed by atoms with van der Waals surface area (Å²) in [6.45, 7) is 0. The number of carbonyl (C=O) groups excluding carboxylic acids is 1. The predicted octanol–water partition coefficient (Wildman–Crippen LogP) is 2.04. The summed E-state index contributed by atoms with van der Waals surface area (Å²) in [4.78, 5) is 11.4. The molecule has 18 heavy (non-hydrogen) atoms. The summed E-state index contributed by atoms with van der Waals surface area (Å²) >= 11 is 5.93. The van der Waals surface area contributed by atoms with Gasteiger partial charge in [0.15, 0.2) is 0 Å². The number of nitrogens with one attached hydrogen (secondary N) is 2. The summed E-state index contributed by atoms with van der Waals surface area (Å²) in [5, 5.41) is 22.6. The van der Waals surface area contributed by atoms with Gasteiger partial charge in [-0.25, -0.2) is 0 Å². The summed E-state index contributed by atoms with van der Waals surface area (Å²) in [6, 6.07) is 8.14. The molecule has 0 fully saturated rings. The average molecular weight is 261 g/mol. The average Bonchev–Trinajstić information content (AvgIpc) is 2.39. The number of anilines is 1. The first-order chi connectivity index (χ1) is 8.62. The van der Waals surface area contributed by atoms with Crippen LogP contribution in [0.2, 0.25) is 5.02 Å². The Morgan fingerprint density at radius 1 is 1.39 bits per heavy atom. The summed E-state index contributed by atoms with van der Waals surface area (Å²) < 4.78 is 0. The van der Waals surface area contributed by atoms with E-state index in [0.717, 1.165) is 0 Å². The van der Waals surface area contributed by atoms with Crippen molar-refractivity contribution >= 4 is 23.2 Å². The molecule has 0 radical (unpaired) electrons. The molecular weight excluding hydrogens is 252 g/mol. The van der Waals surface area contributed by atoms with Crippen LogP contribution >= 0.6 is 11.6 Å². The van der Waals surface area contributed by atoms with Crippen molar-refractivity contribution < 1.29 is 4.79 Å². The zero-order valence-electron chi connectivity index (χ0n) is 9.49. The molecule has 2 N–H and O–H groups in total.